The van der Waals surface area contributed by atoms with Crippen LogP contribution in [0.4, 0.5) is 5.13 Å². The number of nitrogens with zero attached hydrogens (tertiary/aromatic N) is 3. The lowest BCUT2D eigenvalue weighted by Crippen LogP contribution is -2.34. The van der Waals surface area contributed by atoms with Gasteiger partial charge in [-0.05, 0) is 32.4 Å². The van der Waals surface area contributed by atoms with Crippen molar-refractivity contribution >= 4 is 26.7 Å². The van der Waals surface area contributed by atoms with Gasteiger partial charge in [0.1, 0.15) is 12.1 Å². The topological polar surface area (TPSA) is 84.4 Å². The Kier molecular flexibility index (Phi) is 4.38. The molecule has 2 aliphatic rings. The molecular formula is C16H20N4O3S2. The third kappa shape index (κ3) is 3.23. The van der Waals surface area contributed by atoms with E-state index in [1.807, 2.05) is 6.07 Å². The number of benzene rings is 1. The van der Waals surface area contributed by atoms with Crippen LogP contribution < -0.4 is 9.46 Å². The Morgan fingerprint density at radius 1 is 1.36 bits per heavy atom. The summed E-state index contributed by atoms with van der Waals surface area (Å²) in [6, 6.07) is 6.00. The number of likely N-dealkylation sites (tertiary alicyclic amines) is 1. The highest BCUT2D eigenvalue weighted by atomic mass is 32.2. The van der Waals surface area contributed by atoms with Crippen molar-refractivity contribution in [2.24, 2.45) is 0 Å². The number of aromatic nitrogens is 2. The van der Waals surface area contributed by atoms with E-state index in [9.17, 15) is 8.42 Å². The Bertz CT molecular complexity index is 854. The summed E-state index contributed by atoms with van der Waals surface area (Å²) in [5, 5.41) is 0.252. The Balaban J connectivity index is 1.63. The Morgan fingerprint density at radius 3 is 2.96 bits per heavy atom. The summed E-state index contributed by atoms with van der Waals surface area (Å²) in [7, 11) is -3.70. The predicted molar refractivity (Wildman–Crippen MR) is 95.4 cm³/mol. The van der Waals surface area contributed by atoms with Gasteiger partial charge >= 0.3 is 0 Å². The van der Waals surface area contributed by atoms with Gasteiger partial charge in [-0.1, -0.05) is 6.07 Å². The number of hydrogen-bond acceptors (Lipinski definition) is 7. The number of sulfonamides is 1. The van der Waals surface area contributed by atoms with E-state index in [1.54, 1.807) is 12.1 Å². The molecule has 0 saturated carbocycles. The zero-order chi connectivity index (χ0) is 17.4. The lowest BCUT2D eigenvalue weighted by atomic mass is 9.98. The first-order chi connectivity index (χ1) is 12.0. The van der Waals surface area contributed by atoms with Crippen LogP contribution in [0, 0.1) is 0 Å². The predicted octanol–water partition coefficient (Wildman–Crippen LogP) is 2.65. The molecule has 1 saturated heterocycles. The second kappa shape index (κ2) is 6.54. The quantitative estimate of drug-likeness (QED) is 0.878. The van der Waals surface area contributed by atoms with Crippen molar-refractivity contribution in [3.05, 3.63) is 30.1 Å². The van der Waals surface area contributed by atoms with Gasteiger partial charge in [0.2, 0.25) is 5.13 Å². The van der Waals surface area contributed by atoms with Crippen LogP contribution in [0.5, 0.6) is 5.75 Å². The van der Waals surface area contributed by atoms with Crippen molar-refractivity contribution in [3.63, 3.8) is 0 Å². The minimum atomic E-state index is -3.70. The normalized spacial score (nSPS) is 23.9. The van der Waals surface area contributed by atoms with Crippen molar-refractivity contribution in [1.29, 1.82) is 0 Å². The van der Waals surface area contributed by atoms with Crippen LogP contribution in [0.25, 0.3) is 0 Å². The van der Waals surface area contributed by atoms with Crippen LogP contribution in [0.1, 0.15) is 37.8 Å². The maximum atomic E-state index is 12.5. The van der Waals surface area contributed by atoms with Crippen LogP contribution in [-0.2, 0) is 10.0 Å². The first-order valence-electron chi connectivity index (χ1n) is 8.36. The molecular weight excluding hydrogens is 360 g/mol. The summed E-state index contributed by atoms with van der Waals surface area (Å²) < 4.78 is 37.1. The SMILES string of the molecule is C[C@@H]1CCCN1[C@@H]1CCOc2cc(S(=O)(=O)Nc3ncns3)ccc21. The highest BCUT2D eigenvalue weighted by Gasteiger charge is 2.33. The molecule has 0 radical (unpaired) electrons. The fraction of sp³-hybridized carbons (Fsp3) is 0.500. The minimum absolute atomic E-state index is 0.177. The molecule has 0 unspecified atom stereocenters. The molecule has 4 rings (SSSR count). The molecule has 2 aromatic rings. The third-order valence-corrected chi connectivity index (χ3v) is 6.94. The van der Waals surface area contributed by atoms with Gasteiger partial charge in [0.05, 0.1) is 11.5 Å². The van der Waals surface area contributed by atoms with Crippen LogP contribution in [0.2, 0.25) is 0 Å². The number of anilines is 1. The van der Waals surface area contributed by atoms with E-state index in [4.69, 9.17) is 4.74 Å². The van der Waals surface area contributed by atoms with Gasteiger partial charge in [-0.3, -0.25) is 9.62 Å². The molecule has 1 aromatic carbocycles. The highest BCUT2D eigenvalue weighted by molar-refractivity contribution is 7.93. The van der Waals surface area contributed by atoms with Crippen molar-refractivity contribution in [2.45, 2.75) is 43.2 Å². The lowest BCUT2D eigenvalue weighted by Gasteiger charge is -2.35. The monoisotopic (exact) mass is 380 g/mol. The molecule has 2 atom stereocenters. The smallest absolute Gasteiger partial charge is 0.263 e. The Morgan fingerprint density at radius 2 is 2.24 bits per heavy atom. The minimum Gasteiger partial charge on any atom is -0.493 e. The first-order valence-corrected chi connectivity index (χ1v) is 10.6. The lowest BCUT2D eigenvalue weighted by molar-refractivity contribution is 0.135. The first kappa shape index (κ1) is 16.7. The number of nitrogens with one attached hydrogen (secondary N) is 1. The maximum Gasteiger partial charge on any atom is 0.263 e. The summed E-state index contributed by atoms with van der Waals surface area (Å²) in [6.45, 7) is 3.95. The van der Waals surface area contributed by atoms with E-state index >= 15 is 0 Å². The molecule has 25 heavy (non-hydrogen) atoms. The average molecular weight is 380 g/mol. The van der Waals surface area contributed by atoms with Gasteiger partial charge in [0, 0.05) is 41.7 Å². The van der Waals surface area contributed by atoms with Crippen LogP contribution in [0.3, 0.4) is 0 Å². The summed E-state index contributed by atoms with van der Waals surface area (Å²) in [6.07, 6.45) is 4.68. The molecule has 7 nitrogen and oxygen atoms in total. The zero-order valence-electron chi connectivity index (χ0n) is 13.9. The number of fused-ring (bicyclic) bond motifs is 1. The molecule has 0 aliphatic carbocycles. The fourth-order valence-electron chi connectivity index (χ4n) is 3.67. The molecule has 9 heteroatoms. The fourth-order valence-corrected chi connectivity index (χ4v) is 5.35. The van der Waals surface area contributed by atoms with E-state index in [1.165, 1.54) is 19.2 Å². The second-order valence-electron chi connectivity index (χ2n) is 6.43. The summed E-state index contributed by atoms with van der Waals surface area (Å²) >= 11 is 1.00. The Labute approximate surface area is 151 Å². The molecule has 1 aromatic heterocycles. The van der Waals surface area contributed by atoms with E-state index in [2.05, 4.69) is 25.9 Å². The van der Waals surface area contributed by atoms with Crippen molar-refractivity contribution < 1.29 is 13.2 Å². The zero-order valence-corrected chi connectivity index (χ0v) is 15.5. The van der Waals surface area contributed by atoms with Gasteiger partial charge in [-0.25, -0.2) is 13.4 Å². The molecule has 3 heterocycles. The van der Waals surface area contributed by atoms with Gasteiger partial charge in [-0.2, -0.15) is 4.37 Å². The maximum absolute atomic E-state index is 12.5. The van der Waals surface area contributed by atoms with Crippen molar-refractivity contribution in [1.82, 2.24) is 14.3 Å². The largest absolute Gasteiger partial charge is 0.493 e. The standard InChI is InChI=1S/C16H20N4O3S2/c1-11-3-2-7-20(11)14-6-8-23-15-9-12(4-5-13(14)15)25(21,22)19-16-17-10-18-24-16/h4-5,9-11,14H,2-3,6-8H2,1H3,(H,17,18,19)/t11-,14-/m1/s1. The molecule has 1 N–H and O–H groups in total. The van der Waals surface area contributed by atoms with E-state index in [-0.39, 0.29) is 10.0 Å². The summed E-state index contributed by atoms with van der Waals surface area (Å²) in [4.78, 5) is 6.55. The molecule has 0 bridgehead atoms. The molecule has 1 fully saturated rings. The van der Waals surface area contributed by atoms with Gasteiger partial charge < -0.3 is 4.74 Å². The van der Waals surface area contributed by atoms with Gasteiger partial charge in [0.25, 0.3) is 10.0 Å². The molecule has 0 amide bonds. The van der Waals surface area contributed by atoms with E-state index < -0.39 is 10.0 Å². The summed E-state index contributed by atoms with van der Waals surface area (Å²) in [5.74, 6) is 0.662. The van der Waals surface area contributed by atoms with Crippen molar-refractivity contribution in [3.8, 4) is 5.75 Å². The number of hydrogen-bond donors (Lipinski definition) is 1. The molecule has 134 valence electrons. The van der Waals surface area contributed by atoms with Crippen LogP contribution >= 0.6 is 11.5 Å². The number of rotatable bonds is 4. The third-order valence-electron chi connectivity index (χ3n) is 4.89. The molecule has 0 spiro atoms. The second-order valence-corrected chi connectivity index (χ2v) is 8.90. The highest BCUT2D eigenvalue weighted by Crippen LogP contribution is 2.40. The van der Waals surface area contributed by atoms with Crippen LogP contribution in [0.15, 0.2) is 29.4 Å². The van der Waals surface area contributed by atoms with Gasteiger partial charge in [-0.15, -0.1) is 0 Å². The van der Waals surface area contributed by atoms with Gasteiger partial charge in [0.15, 0.2) is 0 Å². The molecule has 2 aliphatic heterocycles. The Hall–Kier alpha value is -1.71. The average Bonchev–Trinajstić information content (AvgIpc) is 3.25. The van der Waals surface area contributed by atoms with E-state index in [0.717, 1.165) is 30.1 Å². The van der Waals surface area contributed by atoms with E-state index in [0.29, 0.717) is 24.4 Å². The van der Waals surface area contributed by atoms with Crippen molar-refractivity contribution in [2.75, 3.05) is 17.9 Å². The summed E-state index contributed by atoms with van der Waals surface area (Å²) in [5.41, 5.74) is 1.08. The number of ether oxygens (including phenoxy) is 1. The van der Waals surface area contributed by atoms with Crippen LogP contribution in [-0.4, -0.2) is 41.9 Å².